The average Bonchev–Trinajstić information content (AvgIpc) is 2.65. The minimum Gasteiger partial charge on any atom is -0.467 e. The predicted molar refractivity (Wildman–Crippen MR) is 94.6 cm³/mol. The normalized spacial score (nSPS) is 12.6. The lowest BCUT2D eigenvalue weighted by molar-refractivity contribution is -0.144. The number of hydrogen-bond donors (Lipinski definition) is 1. The first-order chi connectivity index (χ1) is 12.8. The second-order valence-electron chi connectivity index (χ2n) is 5.73. The summed E-state index contributed by atoms with van der Waals surface area (Å²) < 4.78 is 42.3. The molecule has 0 saturated heterocycles. The van der Waals surface area contributed by atoms with E-state index in [2.05, 4.69) is 5.32 Å². The molecule has 27 heavy (non-hydrogen) atoms. The minimum atomic E-state index is -4.41. The van der Waals surface area contributed by atoms with Crippen LogP contribution >= 0.6 is 0 Å². The molecule has 0 aromatic heterocycles. The van der Waals surface area contributed by atoms with Gasteiger partial charge in [-0.05, 0) is 29.3 Å². The van der Waals surface area contributed by atoms with Gasteiger partial charge in [-0.25, -0.2) is 4.79 Å². The topological polar surface area (TPSA) is 55.4 Å². The second-order valence-corrected chi connectivity index (χ2v) is 5.73. The molecule has 142 valence electrons. The highest BCUT2D eigenvalue weighted by Crippen LogP contribution is 2.29. The molecular formula is C20H18F3NO3. The average molecular weight is 377 g/mol. The van der Waals surface area contributed by atoms with E-state index in [0.717, 1.165) is 23.8 Å². The van der Waals surface area contributed by atoms with Crippen molar-refractivity contribution in [1.82, 2.24) is 5.32 Å². The van der Waals surface area contributed by atoms with Gasteiger partial charge in [0.2, 0.25) is 5.91 Å². The Balaban J connectivity index is 2.02. The van der Waals surface area contributed by atoms with Crippen molar-refractivity contribution >= 4 is 18.0 Å². The molecule has 1 amide bonds. The van der Waals surface area contributed by atoms with E-state index in [-0.39, 0.29) is 6.42 Å². The van der Waals surface area contributed by atoms with Gasteiger partial charge in [0.15, 0.2) is 0 Å². The van der Waals surface area contributed by atoms with Gasteiger partial charge in [0.1, 0.15) is 6.04 Å². The highest BCUT2D eigenvalue weighted by Gasteiger charge is 2.29. The lowest BCUT2D eigenvalue weighted by Gasteiger charge is -2.15. The van der Waals surface area contributed by atoms with Crippen LogP contribution in [-0.2, 0) is 26.9 Å². The summed E-state index contributed by atoms with van der Waals surface area (Å²) in [7, 11) is 1.23. The number of methoxy groups -OCH3 is 1. The van der Waals surface area contributed by atoms with Crippen LogP contribution < -0.4 is 5.32 Å². The van der Waals surface area contributed by atoms with Gasteiger partial charge in [0.05, 0.1) is 12.7 Å². The zero-order valence-corrected chi connectivity index (χ0v) is 14.5. The second kappa shape index (κ2) is 9.02. The Hall–Kier alpha value is -3.09. The molecule has 4 nitrogen and oxygen atoms in total. The van der Waals surface area contributed by atoms with Crippen LogP contribution in [-0.4, -0.2) is 25.0 Å². The maximum Gasteiger partial charge on any atom is 0.416 e. The number of rotatable bonds is 6. The monoisotopic (exact) mass is 377 g/mol. The zero-order valence-electron chi connectivity index (χ0n) is 14.5. The van der Waals surface area contributed by atoms with Crippen LogP contribution in [0.4, 0.5) is 13.2 Å². The SMILES string of the molecule is COC(=O)[C@H](Cc1ccccc1)NC(=O)/C=C/c1ccc(C(F)(F)F)cc1. The molecule has 2 aromatic rings. The minimum absolute atomic E-state index is 0.257. The molecule has 0 heterocycles. The van der Waals surface area contributed by atoms with E-state index in [1.807, 2.05) is 30.3 Å². The summed E-state index contributed by atoms with van der Waals surface area (Å²) in [4.78, 5) is 24.0. The van der Waals surface area contributed by atoms with Crippen LogP contribution in [0.1, 0.15) is 16.7 Å². The molecule has 0 spiro atoms. The van der Waals surface area contributed by atoms with Crippen molar-refractivity contribution in [3.05, 3.63) is 77.4 Å². The first kappa shape index (κ1) is 20.2. The summed E-state index contributed by atoms with van der Waals surface area (Å²) in [6, 6.07) is 12.6. The number of amides is 1. The van der Waals surface area contributed by atoms with Gasteiger partial charge in [-0.3, -0.25) is 4.79 Å². The van der Waals surface area contributed by atoms with Crippen molar-refractivity contribution in [2.75, 3.05) is 7.11 Å². The lowest BCUT2D eigenvalue weighted by Crippen LogP contribution is -2.42. The van der Waals surface area contributed by atoms with E-state index in [1.54, 1.807) is 0 Å². The van der Waals surface area contributed by atoms with Crippen molar-refractivity contribution in [3.8, 4) is 0 Å². The number of carbonyl (C=O) groups excluding carboxylic acids is 2. The number of carbonyl (C=O) groups is 2. The van der Waals surface area contributed by atoms with Gasteiger partial charge in [0.25, 0.3) is 0 Å². The van der Waals surface area contributed by atoms with Crippen molar-refractivity contribution < 1.29 is 27.5 Å². The third-order valence-corrected chi connectivity index (χ3v) is 3.75. The molecule has 0 aliphatic rings. The lowest BCUT2D eigenvalue weighted by atomic mass is 10.1. The van der Waals surface area contributed by atoms with Crippen LogP contribution in [0.3, 0.4) is 0 Å². The molecule has 0 aliphatic carbocycles. The van der Waals surface area contributed by atoms with E-state index in [4.69, 9.17) is 4.74 Å². The fourth-order valence-electron chi connectivity index (χ4n) is 2.36. The van der Waals surface area contributed by atoms with Gasteiger partial charge in [-0.1, -0.05) is 42.5 Å². The van der Waals surface area contributed by atoms with E-state index >= 15 is 0 Å². The summed E-state index contributed by atoms with van der Waals surface area (Å²) in [6.07, 6.45) is -1.63. The molecule has 0 fully saturated rings. The summed E-state index contributed by atoms with van der Waals surface area (Å²) in [6.45, 7) is 0. The predicted octanol–water partition coefficient (Wildman–Crippen LogP) is 3.62. The number of ether oxygens (including phenoxy) is 1. The zero-order chi connectivity index (χ0) is 19.9. The first-order valence-electron chi connectivity index (χ1n) is 8.07. The Morgan fingerprint density at radius 2 is 1.70 bits per heavy atom. The van der Waals surface area contributed by atoms with Crippen LogP contribution in [0, 0.1) is 0 Å². The Morgan fingerprint density at radius 3 is 2.26 bits per heavy atom. The van der Waals surface area contributed by atoms with Gasteiger partial charge in [-0.15, -0.1) is 0 Å². The molecule has 0 bridgehead atoms. The Bertz CT molecular complexity index is 799. The van der Waals surface area contributed by atoms with Gasteiger partial charge >= 0.3 is 12.1 Å². The van der Waals surface area contributed by atoms with Crippen molar-refractivity contribution in [3.63, 3.8) is 0 Å². The highest BCUT2D eigenvalue weighted by atomic mass is 19.4. The third-order valence-electron chi connectivity index (χ3n) is 3.75. The maximum absolute atomic E-state index is 12.5. The smallest absolute Gasteiger partial charge is 0.416 e. The molecule has 7 heteroatoms. The Kier molecular flexibility index (Phi) is 6.76. The number of alkyl halides is 3. The molecule has 2 rings (SSSR count). The summed E-state index contributed by atoms with van der Waals surface area (Å²) >= 11 is 0. The fourth-order valence-corrected chi connectivity index (χ4v) is 2.36. The summed E-state index contributed by atoms with van der Waals surface area (Å²) in [5.41, 5.74) is 0.508. The van der Waals surface area contributed by atoms with Gasteiger partial charge in [0, 0.05) is 12.5 Å². The van der Waals surface area contributed by atoms with E-state index in [1.165, 1.54) is 25.3 Å². The van der Waals surface area contributed by atoms with Crippen LogP contribution in [0.2, 0.25) is 0 Å². The number of esters is 1. The number of nitrogens with one attached hydrogen (secondary N) is 1. The Labute approximate surface area is 154 Å². The molecule has 1 N–H and O–H groups in total. The largest absolute Gasteiger partial charge is 0.467 e. The molecule has 0 saturated carbocycles. The quantitative estimate of drug-likeness (QED) is 0.618. The molecular weight excluding hydrogens is 359 g/mol. The first-order valence-corrected chi connectivity index (χ1v) is 8.07. The number of hydrogen-bond acceptors (Lipinski definition) is 3. The molecule has 1 atom stereocenters. The molecule has 0 radical (unpaired) electrons. The maximum atomic E-state index is 12.5. The van der Waals surface area contributed by atoms with Crippen molar-refractivity contribution in [2.24, 2.45) is 0 Å². The van der Waals surface area contributed by atoms with E-state index < -0.39 is 29.7 Å². The van der Waals surface area contributed by atoms with Crippen molar-refractivity contribution in [1.29, 1.82) is 0 Å². The fraction of sp³-hybridized carbons (Fsp3) is 0.200. The van der Waals surface area contributed by atoms with Gasteiger partial charge < -0.3 is 10.1 Å². The number of benzene rings is 2. The molecule has 2 aromatic carbocycles. The van der Waals surface area contributed by atoms with Crippen molar-refractivity contribution in [2.45, 2.75) is 18.6 Å². The standard InChI is InChI=1S/C20H18F3NO3/c1-27-19(26)17(13-15-5-3-2-4-6-15)24-18(25)12-9-14-7-10-16(11-8-14)20(21,22)23/h2-12,17H,13H2,1H3,(H,24,25)/b12-9+/t17-/m0/s1. The van der Waals surface area contributed by atoms with E-state index in [9.17, 15) is 22.8 Å². The molecule has 0 unspecified atom stereocenters. The summed E-state index contributed by atoms with van der Waals surface area (Å²) in [5.74, 6) is -1.14. The third kappa shape index (κ3) is 6.29. The van der Waals surface area contributed by atoms with Crippen LogP contribution in [0.25, 0.3) is 6.08 Å². The summed E-state index contributed by atoms with van der Waals surface area (Å²) in [5, 5.41) is 2.54. The number of halogens is 3. The highest BCUT2D eigenvalue weighted by molar-refractivity contribution is 5.94. The van der Waals surface area contributed by atoms with Gasteiger partial charge in [-0.2, -0.15) is 13.2 Å². The van der Waals surface area contributed by atoms with E-state index in [0.29, 0.717) is 5.56 Å². The van der Waals surface area contributed by atoms with Crippen LogP contribution in [0.5, 0.6) is 0 Å². The van der Waals surface area contributed by atoms with Crippen LogP contribution in [0.15, 0.2) is 60.7 Å². The molecule has 0 aliphatic heterocycles. The Morgan fingerprint density at radius 1 is 1.07 bits per heavy atom.